The van der Waals surface area contributed by atoms with E-state index in [1.165, 1.54) is 5.56 Å². The molecule has 0 aliphatic carbocycles. The number of benzene rings is 1. The average Bonchev–Trinajstić information content (AvgIpc) is 3.32. The molecule has 2 atom stereocenters. The maximum absolute atomic E-state index is 5.96. The molecule has 2 unspecified atom stereocenters. The molecule has 2 heterocycles. The molecule has 2 aliphatic rings. The van der Waals surface area contributed by atoms with Crippen molar-refractivity contribution in [1.29, 1.82) is 0 Å². The van der Waals surface area contributed by atoms with Crippen LogP contribution >= 0.6 is 0 Å². The lowest BCUT2D eigenvalue weighted by molar-refractivity contribution is 0.00246. The van der Waals surface area contributed by atoms with Crippen LogP contribution in [0.4, 0.5) is 0 Å². The zero-order valence-electron chi connectivity index (χ0n) is 19.5. The molecule has 0 bridgehead atoms. The molecule has 2 fully saturated rings. The Morgan fingerprint density at radius 1 is 1.19 bits per heavy atom. The molecule has 1 aromatic carbocycles. The molecule has 1 aromatic rings. The number of aryl methyl sites for hydroxylation is 1. The van der Waals surface area contributed by atoms with Crippen molar-refractivity contribution in [2.24, 2.45) is 10.9 Å². The summed E-state index contributed by atoms with van der Waals surface area (Å²) in [7, 11) is 0. The second-order valence-electron chi connectivity index (χ2n) is 8.38. The Bertz CT molecular complexity index is 685. The Morgan fingerprint density at radius 3 is 2.74 bits per heavy atom. The molecular formula is C24H40N4O3. The summed E-state index contributed by atoms with van der Waals surface area (Å²) in [5, 5.41) is 7.00. The van der Waals surface area contributed by atoms with Crippen LogP contribution in [0.15, 0.2) is 23.2 Å². The van der Waals surface area contributed by atoms with Crippen LogP contribution in [0.25, 0.3) is 0 Å². The molecule has 2 aliphatic heterocycles. The first-order valence-electron chi connectivity index (χ1n) is 11.8. The second-order valence-corrected chi connectivity index (χ2v) is 8.38. The predicted molar refractivity (Wildman–Crippen MR) is 125 cm³/mol. The number of hydrogen-bond donors (Lipinski definition) is 2. The van der Waals surface area contributed by atoms with Gasteiger partial charge in [0.25, 0.3) is 0 Å². The van der Waals surface area contributed by atoms with Crippen molar-refractivity contribution >= 4 is 5.96 Å². The van der Waals surface area contributed by atoms with Crippen LogP contribution in [0.1, 0.15) is 37.8 Å². The highest BCUT2D eigenvalue weighted by Gasteiger charge is 2.31. The van der Waals surface area contributed by atoms with Gasteiger partial charge in [-0.15, -0.1) is 0 Å². The molecule has 0 amide bonds. The molecule has 0 aromatic heterocycles. The average molecular weight is 433 g/mol. The van der Waals surface area contributed by atoms with Gasteiger partial charge >= 0.3 is 0 Å². The Labute approximate surface area is 187 Å². The quantitative estimate of drug-likeness (QED) is 0.438. The fourth-order valence-corrected chi connectivity index (χ4v) is 4.21. The van der Waals surface area contributed by atoms with E-state index >= 15 is 0 Å². The number of aliphatic imine (C=N–C) groups is 1. The van der Waals surface area contributed by atoms with Gasteiger partial charge in [-0.1, -0.05) is 19.1 Å². The Morgan fingerprint density at radius 2 is 2.03 bits per heavy atom. The van der Waals surface area contributed by atoms with Crippen LogP contribution in [0.5, 0.6) is 5.75 Å². The molecule has 0 radical (unpaired) electrons. The lowest BCUT2D eigenvalue weighted by atomic mass is 9.97. The fraction of sp³-hybridized carbons (Fsp3) is 0.708. The van der Waals surface area contributed by atoms with E-state index in [-0.39, 0.29) is 0 Å². The highest BCUT2D eigenvalue weighted by Crippen LogP contribution is 2.23. The number of ether oxygens (including phenoxy) is 3. The number of guanidine groups is 1. The van der Waals surface area contributed by atoms with E-state index in [1.807, 2.05) is 0 Å². The van der Waals surface area contributed by atoms with Gasteiger partial charge in [0.1, 0.15) is 5.75 Å². The zero-order valence-corrected chi connectivity index (χ0v) is 19.5. The predicted octanol–water partition coefficient (Wildman–Crippen LogP) is 2.58. The highest BCUT2D eigenvalue weighted by molar-refractivity contribution is 5.79. The van der Waals surface area contributed by atoms with Gasteiger partial charge in [-0.2, -0.15) is 0 Å². The Kier molecular flexibility index (Phi) is 9.90. The SMILES string of the molecule is CCCOc1cc(C)ccc1CN=C(NCC)NCC(C1CCOC1)N1CCOCC1. The first-order valence-corrected chi connectivity index (χ1v) is 11.8. The summed E-state index contributed by atoms with van der Waals surface area (Å²) < 4.78 is 17.2. The third-order valence-corrected chi connectivity index (χ3v) is 5.94. The van der Waals surface area contributed by atoms with E-state index < -0.39 is 0 Å². The van der Waals surface area contributed by atoms with Gasteiger partial charge in [-0.05, 0) is 38.3 Å². The first kappa shape index (κ1) is 23.8. The summed E-state index contributed by atoms with van der Waals surface area (Å²) in [5.41, 5.74) is 2.32. The van der Waals surface area contributed by atoms with Crippen molar-refractivity contribution in [3.05, 3.63) is 29.3 Å². The van der Waals surface area contributed by atoms with Crippen LogP contribution < -0.4 is 15.4 Å². The molecule has 3 rings (SSSR count). The largest absolute Gasteiger partial charge is 0.493 e. The highest BCUT2D eigenvalue weighted by atomic mass is 16.5. The summed E-state index contributed by atoms with van der Waals surface area (Å²) >= 11 is 0. The molecule has 7 heteroatoms. The van der Waals surface area contributed by atoms with Gasteiger partial charge in [-0.25, -0.2) is 4.99 Å². The van der Waals surface area contributed by atoms with Crippen LogP contribution in [0.3, 0.4) is 0 Å². The van der Waals surface area contributed by atoms with Crippen molar-refractivity contribution in [3.63, 3.8) is 0 Å². The van der Waals surface area contributed by atoms with E-state index in [1.54, 1.807) is 0 Å². The molecule has 0 spiro atoms. The topological polar surface area (TPSA) is 67.3 Å². The maximum atomic E-state index is 5.96. The summed E-state index contributed by atoms with van der Waals surface area (Å²) in [6.45, 7) is 14.6. The lowest BCUT2D eigenvalue weighted by Crippen LogP contribution is -2.53. The third kappa shape index (κ3) is 7.37. The van der Waals surface area contributed by atoms with Crippen LogP contribution in [0.2, 0.25) is 0 Å². The van der Waals surface area contributed by atoms with Crippen molar-refractivity contribution in [2.75, 3.05) is 59.2 Å². The van der Waals surface area contributed by atoms with Crippen LogP contribution in [0, 0.1) is 12.8 Å². The van der Waals surface area contributed by atoms with Crippen molar-refractivity contribution in [2.45, 2.75) is 46.2 Å². The van der Waals surface area contributed by atoms with Gasteiger partial charge < -0.3 is 24.8 Å². The van der Waals surface area contributed by atoms with E-state index in [0.29, 0.717) is 18.5 Å². The molecule has 174 valence electrons. The second kappa shape index (κ2) is 12.9. The molecule has 31 heavy (non-hydrogen) atoms. The number of nitrogens with one attached hydrogen (secondary N) is 2. The Hall–Kier alpha value is -1.83. The first-order chi connectivity index (χ1) is 15.2. The standard InChI is InChI=1S/C24H40N4O3/c1-4-11-31-23-15-19(3)6-7-20(23)16-26-24(25-5-2)27-17-22(21-8-12-30-18-21)28-9-13-29-14-10-28/h6-7,15,21-22H,4-5,8-14,16-18H2,1-3H3,(H2,25,26,27). The van der Waals surface area contributed by atoms with Gasteiger partial charge in [0.15, 0.2) is 5.96 Å². The molecule has 7 nitrogen and oxygen atoms in total. The van der Waals surface area contributed by atoms with E-state index in [2.05, 4.69) is 54.5 Å². The summed E-state index contributed by atoms with van der Waals surface area (Å²) in [6.07, 6.45) is 2.12. The van der Waals surface area contributed by atoms with Gasteiger partial charge in [-0.3, -0.25) is 4.90 Å². The zero-order chi connectivity index (χ0) is 21.9. The van der Waals surface area contributed by atoms with Crippen molar-refractivity contribution in [1.82, 2.24) is 15.5 Å². The van der Waals surface area contributed by atoms with Gasteiger partial charge in [0.05, 0.1) is 33.0 Å². The molecule has 2 N–H and O–H groups in total. The van der Waals surface area contributed by atoms with E-state index in [4.69, 9.17) is 19.2 Å². The summed E-state index contributed by atoms with van der Waals surface area (Å²) in [5.74, 6) is 2.34. The monoisotopic (exact) mass is 432 g/mol. The minimum Gasteiger partial charge on any atom is -0.493 e. The normalized spacial score (nSPS) is 21.1. The summed E-state index contributed by atoms with van der Waals surface area (Å²) in [4.78, 5) is 7.42. The summed E-state index contributed by atoms with van der Waals surface area (Å²) in [6, 6.07) is 6.78. The number of rotatable bonds is 10. The number of morpholine rings is 1. The molecule has 2 saturated heterocycles. The number of hydrogen-bond acceptors (Lipinski definition) is 5. The fourth-order valence-electron chi connectivity index (χ4n) is 4.21. The van der Waals surface area contributed by atoms with E-state index in [0.717, 1.165) is 89.3 Å². The van der Waals surface area contributed by atoms with Crippen LogP contribution in [-0.2, 0) is 16.0 Å². The van der Waals surface area contributed by atoms with Crippen molar-refractivity contribution in [3.8, 4) is 5.75 Å². The van der Waals surface area contributed by atoms with E-state index in [9.17, 15) is 0 Å². The van der Waals surface area contributed by atoms with Gasteiger partial charge in [0.2, 0.25) is 0 Å². The number of nitrogens with zero attached hydrogens (tertiary/aromatic N) is 2. The van der Waals surface area contributed by atoms with Crippen LogP contribution in [-0.4, -0.2) is 76.1 Å². The minimum absolute atomic E-state index is 0.429. The third-order valence-electron chi connectivity index (χ3n) is 5.94. The molecule has 0 saturated carbocycles. The minimum atomic E-state index is 0.429. The smallest absolute Gasteiger partial charge is 0.191 e. The Balaban J connectivity index is 1.65. The van der Waals surface area contributed by atoms with Gasteiger partial charge in [0, 0.05) is 50.3 Å². The molecular weight excluding hydrogens is 392 g/mol. The van der Waals surface area contributed by atoms with Crippen molar-refractivity contribution < 1.29 is 14.2 Å². The maximum Gasteiger partial charge on any atom is 0.191 e. The lowest BCUT2D eigenvalue weighted by Gasteiger charge is -2.37.